The number of hydrogen-bond donors (Lipinski definition) is 1. The third kappa shape index (κ3) is 5.13. The molecule has 0 aliphatic carbocycles. The first-order valence-electron chi connectivity index (χ1n) is 8.08. The van der Waals surface area contributed by atoms with Crippen LogP contribution in [0.25, 0.3) is 0 Å². The normalized spacial score (nSPS) is 11.5. The predicted molar refractivity (Wildman–Crippen MR) is 107 cm³/mol. The lowest BCUT2D eigenvalue weighted by molar-refractivity contribution is -0.116. The Morgan fingerprint density at radius 2 is 1.89 bits per heavy atom. The van der Waals surface area contributed by atoms with E-state index < -0.39 is 15.9 Å². The van der Waals surface area contributed by atoms with Gasteiger partial charge in [0.25, 0.3) is 0 Å². The second-order valence-electron chi connectivity index (χ2n) is 5.76. The molecule has 146 valence electrons. The molecular weight excluding hydrogens is 411 g/mol. The number of hydrogen-bond acceptors (Lipinski definition) is 4. The van der Waals surface area contributed by atoms with Crippen molar-refractivity contribution in [3.8, 4) is 5.75 Å². The Morgan fingerprint density at radius 3 is 2.48 bits per heavy atom. The van der Waals surface area contributed by atoms with Crippen LogP contribution in [0.15, 0.2) is 41.3 Å². The summed E-state index contributed by atoms with van der Waals surface area (Å²) >= 11 is 11.9. The predicted octanol–water partition coefficient (Wildman–Crippen LogP) is 3.96. The number of sulfonamides is 1. The Morgan fingerprint density at radius 1 is 1.19 bits per heavy atom. The van der Waals surface area contributed by atoms with E-state index in [0.717, 1.165) is 9.87 Å². The minimum absolute atomic E-state index is 0.0178. The summed E-state index contributed by atoms with van der Waals surface area (Å²) in [6.07, 6.45) is 0. The van der Waals surface area contributed by atoms with E-state index in [0.29, 0.717) is 10.7 Å². The average molecular weight is 431 g/mol. The molecule has 2 rings (SSSR count). The van der Waals surface area contributed by atoms with Crippen LogP contribution in [-0.4, -0.2) is 38.8 Å². The highest BCUT2D eigenvalue weighted by Gasteiger charge is 2.28. The molecule has 0 atom stereocenters. The van der Waals surface area contributed by atoms with Gasteiger partial charge in [-0.2, -0.15) is 4.31 Å². The first-order chi connectivity index (χ1) is 12.7. The van der Waals surface area contributed by atoms with Gasteiger partial charge in [-0.1, -0.05) is 36.2 Å². The van der Waals surface area contributed by atoms with Crippen molar-refractivity contribution >= 4 is 44.8 Å². The van der Waals surface area contributed by atoms with Crippen molar-refractivity contribution in [1.82, 2.24) is 4.31 Å². The molecular formula is C18H20Cl2N2O4S. The summed E-state index contributed by atoms with van der Waals surface area (Å²) in [5.41, 5.74) is 1.12. The van der Waals surface area contributed by atoms with Crippen molar-refractivity contribution in [3.05, 3.63) is 52.0 Å². The lowest BCUT2D eigenvalue weighted by atomic mass is 10.2. The second-order valence-corrected chi connectivity index (χ2v) is 8.51. The number of benzene rings is 2. The van der Waals surface area contributed by atoms with E-state index in [1.54, 1.807) is 38.1 Å². The van der Waals surface area contributed by atoms with Gasteiger partial charge in [0.15, 0.2) is 0 Å². The van der Waals surface area contributed by atoms with Crippen molar-refractivity contribution in [2.75, 3.05) is 25.5 Å². The number of nitrogens with one attached hydrogen (secondary N) is 1. The fourth-order valence-corrected chi connectivity index (χ4v) is 4.53. The van der Waals surface area contributed by atoms with Crippen molar-refractivity contribution in [2.24, 2.45) is 0 Å². The number of carbonyl (C=O) groups excluding carboxylic acids is 1. The molecule has 27 heavy (non-hydrogen) atoms. The van der Waals surface area contributed by atoms with Gasteiger partial charge in [0, 0.05) is 11.6 Å². The lowest BCUT2D eigenvalue weighted by Crippen LogP contribution is -2.38. The van der Waals surface area contributed by atoms with E-state index in [2.05, 4.69) is 5.32 Å². The number of anilines is 1. The minimum Gasteiger partial charge on any atom is -0.495 e. The van der Waals surface area contributed by atoms with Crippen LogP contribution in [0.5, 0.6) is 5.75 Å². The van der Waals surface area contributed by atoms with Gasteiger partial charge in [-0.15, -0.1) is 0 Å². The standard InChI is InChI=1S/C18H20Cl2N2O4S/c1-4-22(11-18(23)21-15-7-6-13(19)10-14(15)20)27(24,25)17-9-12(2)5-8-16(17)26-3/h5-10H,4,11H2,1-3H3,(H,21,23). The van der Waals surface area contributed by atoms with Gasteiger partial charge in [-0.05, 0) is 42.8 Å². The van der Waals surface area contributed by atoms with Gasteiger partial charge in [0.1, 0.15) is 10.6 Å². The monoisotopic (exact) mass is 430 g/mol. The molecule has 0 aliphatic rings. The molecule has 0 spiro atoms. The van der Waals surface area contributed by atoms with Gasteiger partial charge in [-0.3, -0.25) is 4.79 Å². The van der Waals surface area contributed by atoms with Gasteiger partial charge in [0.2, 0.25) is 15.9 Å². The van der Waals surface area contributed by atoms with Gasteiger partial charge < -0.3 is 10.1 Å². The molecule has 6 nitrogen and oxygen atoms in total. The fraction of sp³-hybridized carbons (Fsp3) is 0.278. The summed E-state index contributed by atoms with van der Waals surface area (Å²) in [5, 5.41) is 3.30. The summed E-state index contributed by atoms with van der Waals surface area (Å²) in [4.78, 5) is 12.4. The molecule has 2 aromatic carbocycles. The van der Waals surface area contributed by atoms with Crippen LogP contribution >= 0.6 is 23.2 Å². The Bertz CT molecular complexity index is 948. The van der Waals surface area contributed by atoms with Crippen LogP contribution in [0.4, 0.5) is 5.69 Å². The molecule has 1 amide bonds. The Hall–Kier alpha value is -1.80. The summed E-state index contributed by atoms with van der Waals surface area (Å²) in [7, 11) is -2.53. The van der Waals surface area contributed by atoms with Crippen molar-refractivity contribution < 1.29 is 17.9 Å². The van der Waals surface area contributed by atoms with Gasteiger partial charge >= 0.3 is 0 Å². The number of methoxy groups -OCH3 is 1. The van der Waals surface area contributed by atoms with Crippen LogP contribution in [0, 0.1) is 6.92 Å². The number of rotatable bonds is 7. The zero-order valence-electron chi connectivity index (χ0n) is 15.1. The maximum absolute atomic E-state index is 13.0. The molecule has 0 radical (unpaired) electrons. The lowest BCUT2D eigenvalue weighted by Gasteiger charge is -2.21. The quantitative estimate of drug-likeness (QED) is 0.720. The number of ether oxygens (including phenoxy) is 1. The molecule has 0 fully saturated rings. The van der Waals surface area contributed by atoms with Gasteiger partial charge in [0.05, 0.1) is 24.4 Å². The average Bonchev–Trinajstić information content (AvgIpc) is 2.61. The molecule has 0 aliphatic heterocycles. The Balaban J connectivity index is 2.25. The smallest absolute Gasteiger partial charge is 0.247 e. The minimum atomic E-state index is -3.93. The fourth-order valence-electron chi connectivity index (χ4n) is 2.43. The van der Waals surface area contributed by atoms with Crippen molar-refractivity contribution in [3.63, 3.8) is 0 Å². The van der Waals surface area contributed by atoms with E-state index in [1.165, 1.54) is 19.2 Å². The number of carbonyl (C=O) groups is 1. The molecule has 2 aromatic rings. The third-order valence-corrected chi connectivity index (χ3v) is 6.30. The topological polar surface area (TPSA) is 75.7 Å². The van der Waals surface area contributed by atoms with E-state index >= 15 is 0 Å². The summed E-state index contributed by atoms with van der Waals surface area (Å²) in [6.45, 7) is 3.18. The van der Waals surface area contributed by atoms with Gasteiger partial charge in [-0.25, -0.2) is 8.42 Å². The molecule has 0 saturated carbocycles. The molecule has 0 aromatic heterocycles. The molecule has 1 N–H and O–H groups in total. The number of halogens is 2. The SMILES string of the molecule is CCN(CC(=O)Nc1ccc(Cl)cc1Cl)S(=O)(=O)c1cc(C)ccc1OC. The first-order valence-corrected chi connectivity index (χ1v) is 10.3. The second kappa shape index (κ2) is 8.93. The van der Waals surface area contributed by atoms with E-state index in [1.807, 2.05) is 0 Å². The van der Waals surface area contributed by atoms with Crippen LogP contribution < -0.4 is 10.1 Å². The van der Waals surface area contributed by atoms with Crippen LogP contribution in [0.2, 0.25) is 10.0 Å². The highest BCUT2D eigenvalue weighted by atomic mass is 35.5. The maximum atomic E-state index is 13.0. The summed E-state index contributed by atoms with van der Waals surface area (Å²) in [5.74, 6) is -0.295. The summed E-state index contributed by atoms with van der Waals surface area (Å²) in [6, 6.07) is 9.48. The van der Waals surface area contributed by atoms with E-state index in [9.17, 15) is 13.2 Å². The number of aryl methyl sites for hydroxylation is 1. The van der Waals surface area contributed by atoms with Crippen molar-refractivity contribution in [2.45, 2.75) is 18.7 Å². The molecule has 0 unspecified atom stereocenters. The van der Waals surface area contributed by atoms with Crippen LogP contribution in [0.1, 0.15) is 12.5 Å². The van der Waals surface area contributed by atoms with Crippen molar-refractivity contribution in [1.29, 1.82) is 0 Å². The maximum Gasteiger partial charge on any atom is 0.247 e. The molecule has 0 bridgehead atoms. The zero-order valence-corrected chi connectivity index (χ0v) is 17.5. The highest BCUT2D eigenvalue weighted by Crippen LogP contribution is 2.28. The number of amides is 1. The van der Waals surface area contributed by atoms with E-state index in [4.69, 9.17) is 27.9 Å². The van der Waals surface area contributed by atoms with Crippen LogP contribution in [-0.2, 0) is 14.8 Å². The highest BCUT2D eigenvalue weighted by molar-refractivity contribution is 7.89. The van der Waals surface area contributed by atoms with Crippen LogP contribution in [0.3, 0.4) is 0 Å². The molecule has 0 saturated heterocycles. The number of nitrogens with zero attached hydrogens (tertiary/aromatic N) is 1. The largest absolute Gasteiger partial charge is 0.495 e. The molecule has 0 heterocycles. The Kier molecular flexibility index (Phi) is 7.11. The summed E-state index contributed by atoms with van der Waals surface area (Å²) < 4.78 is 32.3. The van der Waals surface area contributed by atoms with E-state index in [-0.39, 0.29) is 28.8 Å². The number of likely N-dealkylation sites (N-methyl/N-ethyl adjacent to an activating group) is 1. The third-order valence-electron chi connectivity index (χ3n) is 3.81. The first kappa shape index (κ1) is 21.5. The molecule has 9 heteroatoms. The zero-order chi connectivity index (χ0) is 20.2. The Labute approximate surface area is 169 Å².